The summed E-state index contributed by atoms with van der Waals surface area (Å²) in [6, 6.07) is 10.1. The Balaban J connectivity index is 1.90. The molecule has 2 rings (SSSR count). The molecule has 3 N–H and O–H groups in total. The quantitative estimate of drug-likeness (QED) is 0.234. The lowest BCUT2D eigenvalue weighted by atomic mass is 9.89. The third kappa shape index (κ3) is 10.5. The summed E-state index contributed by atoms with van der Waals surface area (Å²) in [5.74, 6) is 0. The highest BCUT2D eigenvalue weighted by molar-refractivity contribution is 7.86. The van der Waals surface area contributed by atoms with Crippen LogP contribution in [0.4, 0.5) is 5.69 Å². The van der Waals surface area contributed by atoms with Gasteiger partial charge in [-0.2, -0.15) is 8.42 Å². The van der Waals surface area contributed by atoms with Crippen LogP contribution in [0.15, 0.2) is 41.3 Å². The van der Waals surface area contributed by atoms with Gasteiger partial charge in [0.15, 0.2) is 0 Å². The molecule has 2 atom stereocenters. The topological polar surface area (TPSA) is 117 Å². The molecule has 0 saturated heterocycles. The zero-order valence-electron chi connectivity index (χ0n) is 23.1. The molecule has 9 heteroatoms. The van der Waals surface area contributed by atoms with Gasteiger partial charge in [-0.05, 0) is 57.6 Å². The van der Waals surface area contributed by atoms with E-state index < -0.39 is 22.3 Å². The third-order valence-corrected chi connectivity index (χ3v) is 6.84. The Morgan fingerprint density at radius 1 is 0.838 bits per heavy atom. The predicted molar refractivity (Wildman–Crippen MR) is 148 cm³/mol. The van der Waals surface area contributed by atoms with Crippen LogP contribution in [-0.2, 0) is 19.6 Å². The number of benzene rings is 2. The lowest BCUT2D eigenvalue weighted by Crippen LogP contribution is -2.47. The summed E-state index contributed by atoms with van der Waals surface area (Å²) >= 11 is 0. The molecule has 2 aromatic carbocycles. The molecule has 8 nitrogen and oxygen atoms in total. The van der Waals surface area contributed by atoms with Crippen LogP contribution >= 0.6 is 0 Å². The average Bonchev–Trinajstić information content (AvgIpc) is 2.76. The normalized spacial score (nSPS) is 14.6. The number of aliphatic hydroxyl groups excluding tert-OH is 2. The highest BCUT2D eigenvalue weighted by atomic mass is 32.2. The van der Waals surface area contributed by atoms with Gasteiger partial charge in [-0.3, -0.25) is 4.55 Å². The van der Waals surface area contributed by atoms with Crippen molar-refractivity contribution in [2.75, 3.05) is 37.9 Å². The van der Waals surface area contributed by atoms with Crippen molar-refractivity contribution < 1.29 is 32.7 Å². The Morgan fingerprint density at radius 2 is 1.38 bits per heavy atom. The molecular weight excluding hydrogens is 494 g/mol. The molecule has 0 bridgehead atoms. The molecule has 0 radical (unpaired) electrons. The van der Waals surface area contributed by atoms with Gasteiger partial charge < -0.3 is 24.6 Å². The number of fused-ring (bicyclic) bond motifs is 1. The van der Waals surface area contributed by atoms with E-state index in [9.17, 15) is 23.2 Å². The first-order valence-electron chi connectivity index (χ1n) is 12.9. The zero-order valence-corrected chi connectivity index (χ0v) is 23.9. The minimum atomic E-state index is -4.38. The van der Waals surface area contributed by atoms with E-state index in [1.807, 2.05) is 37.8 Å². The predicted octanol–water partition coefficient (Wildman–Crippen LogP) is 4.66. The third-order valence-electron chi connectivity index (χ3n) is 5.93. The molecule has 0 aliphatic heterocycles. The van der Waals surface area contributed by atoms with Gasteiger partial charge in [0.25, 0.3) is 10.1 Å². The van der Waals surface area contributed by atoms with Crippen LogP contribution in [-0.4, -0.2) is 73.9 Å². The Morgan fingerprint density at radius 3 is 1.89 bits per heavy atom. The van der Waals surface area contributed by atoms with E-state index in [0.29, 0.717) is 37.0 Å². The minimum Gasteiger partial charge on any atom is -0.391 e. The van der Waals surface area contributed by atoms with Crippen molar-refractivity contribution in [2.45, 2.75) is 83.4 Å². The largest absolute Gasteiger partial charge is 0.391 e. The zero-order chi connectivity index (χ0) is 27.9. The molecule has 2 aromatic rings. The van der Waals surface area contributed by atoms with Gasteiger partial charge in [-0.15, -0.1) is 0 Å². The van der Waals surface area contributed by atoms with Crippen molar-refractivity contribution in [3.8, 4) is 0 Å². The van der Waals surface area contributed by atoms with Crippen molar-refractivity contribution in [1.82, 2.24) is 0 Å². The second-order valence-corrected chi connectivity index (χ2v) is 13.2. The Hall–Kier alpha value is -1.75. The van der Waals surface area contributed by atoms with Gasteiger partial charge in [-0.1, -0.05) is 45.0 Å². The summed E-state index contributed by atoms with van der Waals surface area (Å²) in [5.41, 5.74) is 0.454. The molecule has 210 valence electrons. The fraction of sp³-hybridized carbons (Fsp3) is 0.643. The van der Waals surface area contributed by atoms with Crippen LogP contribution in [0.2, 0.25) is 0 Å². The average molecular weight is 540 g/mol. The van der Waals surface area contributed by atoms with Crippen LogP contribution in [0, 0.1) is 5.41 Å². The van der Waals surface area contributed by atoms with Crippen molar-refractivity contribution in [2.24, 2.45) is 5.41 Å². The van der Waals surface area contributed by atoms with Crippen LogP contribution in [0.25, 0.3) is 10.8 Å². The highest BCUT2D eigenvalue weighted by Crippen LogP contribution is 2.35. The minimum absolute atomic E-state index is 0.0661. The fourth-order valence-electron chi connectivity index (χ4n) is 4.33. The summed E-state index contributed by atoms with van der Waals surface area (Å²) < 4.78 is 44.7. The lowest BCUT2D eigenvalue weighted by Gasteiger charge is -2.40. The van der Waals surface area contributed by atoms with Gasteiger partial charge in [0.1, 0.15) is 4.90 Å². The van der Waals surface area contributed by atoms with Crippen molar-refractivity contribution in [1.29, 1.82) is 0 Å². The molecular formula is C28H45NO7S. The molecule has 37 heavy (non-hydrogen) atoms. The Bertz CT molecular complexity index is 1090. The summed E-state index contributed by atoms with van der Waals surface area (Å²) in [4.78, 5) is 1.88. The van der Waals surface area contributed by atoms with Crippen molar-refractivity contribution in [3.05, 3.63) is 36.4 Å². The van der Waals surface area contributed by atoms with E-state index in [1.54, 1.807) is 18.2 Å². The maximum atomic E-state index is 11.9. The Labute approximate surface area is 222 Å². The van der Waals surface area contributed by atoms with Gasteiger partial charge >= 0.3 is 0 Å². The first-order chi connectivity index (χ1) is 17.1. The van der Waals surface area contributed by atoms with E-state index in [-0.39, 0.29) is 29.0 Å². The number of rotatable bonds is 14. The molecule has 0 saturated carbocycles. The van der Waals surface area contributed by atoms with E-state index >= 15 is 0 Å². The second kappa shape index (κ2) is 13.4. The first kappa shape index (κ1) is 31.5. The number of unbranched alkanes of at least 4 members (excludes halogenated alkanes) is 1. The standard InChI is InChI=1S/C28H45NO7S/c1-27(2,3)17-21(30)19-35-15-9-10-16-36-20-22(31)18-29(28(4,5)6)25-13-14-26(37(32,33)34)24-12-8-7-11-23(24)25/h7-8,11-14,21-22,30-31H,9-10,15-20H2,1-6H3,(H,32,33,34). The van der Waals surface area contributed by atoms with Gasteiger partial charge in [0, 0.05) is 41.8 Å². The maximum Gasteiger partial charge on any atom is 0.295 e. The van der Waals surface area contributed by atoms with Crippen LogP contribution < -0.4 is 4.90 Å². The molecule has 0 aliphatic carbocycles. The molecule has 2 unspecified atom stereocenters. The summed E-state index contributed by atoms with van der Waals surface area (Å²) in [6.45, 7) is 14.1. The number of anilines is 1. The van der Waals surface area contributed by atoms with Gasteiger partial charge in [0.05, 0.1) is 25.4 Å². The monoisotopic (exact) mass is 539 g/mol. The van der Waals surface area contributed by atoms with Gasteiger partial charge in [0.2, 0.25) is 0 Å². The van der Waals surface area contributed by atoms with E-state index in [2.05, 4.69) is 20.8 Å². The summed E-state index contributed by atoms with van der Waals surface area (Å²) in [6.07, 6.45) is 1.06. The van der Waals surface area contributed by atoms with Gasteiger partial charge in [-0.25, -0.2) is 0 Å². The Kier molecular flexibility index (Phi) is 11.4. The SMILES string of the molecule is CC(C)(C)CC(O)COCCCCOCC(O)CN(c1ccc(S(=O)(=O)O)c2ccccc12)C(C)(C)C. The number of β-amino-alcohol motifs (C(OH)–C–C–N with tert-alkyl or cyclic N) is 1. The van der Waals surface area contributed by atoms with Crippen molar-refractivity contribution in [3.63, 3.8) is 0 Å². The number of hydrogen-bond donors (Lipinski definition) is 3. The lowest BCUT2D eigenvalue weighted by molar-refractivity contribution is 0.00937. The van der Waals surface area contributed by atoms with Crippen LogP contribution in [0.1, 0.15) is 60.8 Å². The summed E-state index contributed by atoms with van der Waals surface area (Å²) in [5, 5.41) is 21.8. The van der Waals surface area contributed by atoms with E-state index in [1.165, 1.54) is 6.07 Å². The molecule has 0 aliphatic rings. The second-order valence-electron chi connectivity index (χ2n) is 11.8. The molecule has 0 aromatic heterocycles. The number of aliphatic hydroxyl groups is 2. The molecule has 0 spiro atoms. The fourth-order valence-corrected chi connectivity index (χ4v) is 5.02. The van der Waals surface area contributed by atoms with Crippen molar-refractivity contribution >= 4 is 26.6 Å². The maximum absolute atomic E-state index is 11.9. The highest BCUT2D eigenvalue weighted by Gasteiger charge is 2.27. The number of nitrogens with zero attached hydrogens (tertiary/aromatic N) is 1. The van der Waals surface area contributed by atoms with Crippen LogP contribution in [0.5, 0.6) is 0 Å². The molecule has 0 heterocycles. The van der Waals surface area contributed by atoms with Crippen LogP contribution in [0.3, 0.4) is 0 Å². The molecule has 0 fully saturated rings. The van der Waals surface area contributed by atoms with E-state index in [4.69, 9.17) is 9.47 Å². The van der Waals surface area contributed by atoms with E-state index in [0.717, 1.165) is 18.5 Å². The number of ether oxygens (including phenoxy) is 2. The number of hydrogen-bond acceptors (Lipinski definition) is 7. The smallest absolute Gasteiger partial charge is 0.295 e. The first-order valence-corrected chi connectivity index (χ1v) is 14.3. The molecule has 0 amide bonds. The summed E-state index contributed by atoms with van der Waals surface area (Å²) in [7, 11) is -4.38.